The molecule has 0 spiro atoms. The van der Waals surface area contributed by atoms with Crippen LogP contribution in [0.25, 0.3) is 0 Å². The highest BCUT2D eigenvalue weighted by Crippen LogP contribution is 2.62. The van der Waals surface area contributed by atoms with E-state index in [0.717, 1.165) is 31.3 Å². The molecule has 1 aliphatic heterocycles. The molecule has 5 aliphatic rings. The van der Waals surface area contributed by atoms with Crippen molar-refractivity contribution in [3.05, 3.63) is 11.6 Å². The van der Waals surface area contributed by atoms with Crippen molar-refractivity contribution < 1.29 is 9.90 Å². The van der Waals surface area contributed by atoms with Crippen molar-refractivity contribution in [3.63, 3.8) is 0 Å². The van der Waals surface area contributed by atoms with Gasteiger partial charge in [-0.1, -0.05) is 12.8 Å². The predicted molar refractivity (Wildman–Crippen MR) is 88.8 cm³/mol. The number of nitrogens with one attached hydrogen (secondary N) is 1. The van der Waals surface area contributed by atoms with Gasteiger partial charge in [-0.3, -0.25) is 4.79 Å². The number of ketones is 1. The van der Waals surface area contributed by atoms with Gasteiger partial charge in [-0.15, -0.1) is 0 Å². The van der Waals surface area contributed by atoms with Crippen LogP contribution in [0.3, 0.4) is 0 Å². The topological polar surface area (TPSA) is 49.3 Å². The smallest absolute Gasteiger partial charge is 0.159 e. The first-order valence-electron chi connectivity index (χ1n) is 9.82. The first-order chi connectivity index (χ1) is 11.1. The van der Waals surface area contributed by atoms with Crippen LogP contribution in [-0.4, -0.2) is 28.6 Å². The van der Waals surface area contributed by atoms with Gasteiger partial charge in [0.1, 0.15) is 0 Å². The molecule has 0 radical (unpaired) electrons. The molecule has 4 fully saturated rings. The molecule has 0 aromatic heterocycles. The molecule has 3 heteroatoms. The molecule has 1 saturated heterocycles. The molecule has 1 heterocycles. The van der Waals surface area contributed by atoms with Crippen molar-refractivity contribution >= 4 is 5.78 Å². The van der Waals surface area contributed by atoms with Crippen molar-refractivity contribution in [1.82, 2.24) is 5.32 Å². The van der Waals surface area contributed by atoms with Crippen LogP contribution in [0.4, 0.5) is 0 Å². The molecule has 0 amide bonds. The third-order valence-electron chi connectivity index (χ3n) is 7.95. The summed E-state index contributed by atoms with van der Waals surface area (Å²) in [6.45, 7) is 2.27. The second-order valence-corrected chi connectivity index (χ2v) is 9.06. The summed E-state index contributed by atoms with van der Waals surface area (Å²) in [5, 5.41) is 15.4. The SMILES string of the molecule is C[C@@H]1CC[C@H]2[C@H](CC3C[C@@]2(O)C2=CC(=O)[C@H]4CCCC[C@@H]4[C@H]23)N1. The minimum absolute atomic E-state index is 0.259. The lowest BCUT2D eigenvalue weighted by molar-refractivity contribution is -0.122. The molecule has 2 bridgehead atoms. The Morgan fingerprint density at radius 2 is 2.04 bits per heavy atom. The maximum atomic E-state index is 12.7. The van der Waals surface area contributed by atoms with E-state index < -0.39 is 5.60 Å². The lowest BCUT2D eigenvalue weighted by Crippen LogP contribution is -2.57. The van der Waals surface area contributed by atoms with Crippen LogP contribution in [0.1, 0.15) is 58.3 Å². The molecule has 0 aromatic carbocycles. The normalized spacial score (nSPS) is 54.8. The lowest BCUT2D eigenvalue weighted by atomic mass is 9.63. The number of hydrogen-bond donors (Lipinski definition) is 2. The van der Waals surface area contributed by atoms with E-state index in [-0.39, 0.29) is 5.92 Å². The summed E-state index contributed by atoms with van der Waals surface area (Å²) in [7, 11) is 0. The fourth-order valence-electron chi connectivity index (χ4n) is 7.11. The Hall–Kier alpha value is -0.670. The van der Waals surface area contributed by atoms with Crippen LogP contribution in [0, 0.1) is 29.6 Å². The highest BCUT2D eigenvalue weighted by molar-refractivity contribution is 5.94. The van der Waals surface area contributed by atoms with Crippen LogP contribution in [0.5, 0.6) is 0 Å². The molecule has 2 N–H and O–H groups in total. The van der Waals surface area contributed by atoms with Gasteiger partial charge in [0.05, 0.1) is 5.60 Å². The zero-order valence-electron chi connectivity index (χ0n) is 14.1. The molecule has 8 atom stereocenters. The third-order valence-corrected chi connectivity index (χ3v) is 7.95. The Balaban J connectivity index is 1.57. The van der Waals surface area contributed by atoms with Crippen LogP contribution < -0.4 is 5.32 Å². The second kappa shape index (κ2) is 4.92. The molecular formula is C20H29NO2. The summed E-state index contributed by atoms with van der Waals surface area (Å²) in [4.78, 5) is 12.7. The Morgan fingerprint density at radius 1 is 1.22 bits per heavy atom. The van der Waals surface area contributed by atoms with Gasteiger partial charge in [-0.25, -0.2) is 0 Å². The maximum Gasteiger partial charge on any atom is 0.159 e. The fraction of sp³-hybridized carbons (Fsp3) is 0.850. The highest BCUT2D eigenvalue weighted by Gasteiger charge is 2.62. The number of aliphatic hydroxyl groups is 1. The summed E-state index contributed by atoms with van der Waals surface area (Å²) < 4.78 is 0. The van der Waals surface area contributed by atoms with Crippen LogP contribution >= 0.6 is 0 Å². The van der Waals surface area contributed by atoms with Gasteiger partial charge >= 0.3 is 0 Å². The molecule has 1 unspecified atom stereocenters. The maximum absolute atomic E-state index is 12.7. The van der Waals surface area contributed by atoms with E-state index in [9.17, 15) is 9.90 Å². The monoisotopic (exact) mass is 315 g/mol. The van der Waals surface area contributed by atoms with Gasteiger partial charge in [-0.05, 0) is 74.9 Å². The number of carbonyl (C=O) groups excluding carboxylic acids is 1. The number of piperidine rings is 1. The Bertz CT molecular complexity index is 570. The van der Waals surface area contributed by atoms with E-state index in [1.54, 1.807) is 0 Å². The Kier molecular flexibility index (Phi) is 3.13. The fourth-order valence-corrected chi connectivity index (χ4v) is 7.11. The Labute approximate surface area is 138 Å². The summed E-state index contributed by atoms with van der Waals surface area (Å²) in [5.41, 5.74) is 0.461. The largest absolute Gasteiger partial charge is 0.385 e. The molecule has 126 valence electrons. The van der Waals surface area contributed by atoms with Crippen molar-refractivity contribution in [1.29, 1.82) is 0 Å². The zero-order chi connectivity index (χ0) is 15.8. The lowest BCUT2D eigenvalue weighted by Gasteiger charge is -2.47. The van der Waals surface area contributed by atoms with Gasteiger partial charge < -0.3 is 10.4 Å². The van der Waals surface area contributed by atoms with Gasteiger partial charge in [-0.2, -0.15) is 0 Å². The van der Waals surface area contributed by atoms with Crippen molar-refractivity contribution in [2.75, 3.05) is 0 Å². The predicted octanol–water partition coefficient (Wildman–Crippen LogP) is 2.83. The van der Waals surface area contributed by atoms with Gasteiger partial charge in [0.25, 0.3) is 0 Å². The Morgan fingerprint density at radius 3 is 2.91 bits per heavy atom. The molecule has 0 aromatic rings. The second-order valence-electron chi connectivity index (χ2n) is 9.06. The van der Waals surface area contributed by atoms with Gasteiger partial charge in [0.15, 0.2) is 5.78 Å². The number of carbonyl (C=O) groups is 1. The zero-order valence-corrected chi connectivity index (χ0v) is 14.1. The third kappa shape index (κ3) is 1.93. The standard InChI is InChI=1S/C20H29NO2/c1-11-6-7-15-17(21-11)8-12-10-20(15,23)16-9-18(22)13-4-2-3-5-14(13)19(12)16/h9,11-15,17,19,21,23H,2-8,10H2,1H3/t11-,12?,13+,14+,15+,17+,19-,20+/m1/s1. The quantitative estimate of drug-likeness (QED) is 0.723. The van der Waals surface area contributed by atoms with E-state index in [2.05, 4.69) is 12.2 Å². The molecule has 3 saturated carbocycles. The average Bonchev–Trinajstić information content (AvgIpc) is 2.76. The molecule has 23 heavy (non-hydrogen) atoms. The highest BCUT2D eigenvalue weighted by atomic mass is 16.3. The van der Waals surface area contributed by atoms with E-state index in [0.29, 0.717) is 41.5 Å². The van der Waals surface area contributed by atoms with Gasteiger partial charge in [0, 0.05) is 23.9 Å². The number of allylic oxidation sites excluding steroid dienone is 1. The van der Waals surface area contributed by atoms with E-state index in [4.69, 9.17) is 0 Å². The molecule has 3 nitrogen and oxygen atoms in total. The summed E-state index contributed by atoms with van der Waals surface area (Å²) in [5.74, 6) is 2.51. The summed E-state index contributed by atoms with van der Waals surface area (Å²) in [6.07, 6.45) is 11.0. The number of rotatable bonds is 0. The minimum Gasteiger partial charge on any atom is -0.385 e. The first kappa shape index (κ1) is 14.7. The van der Waals surface area contributed by atoms with Crippen molar-refractivity contribution in [3.8, 4) is 0 Å². The molecule has 4 aliphatic carbocycles. The number of hydrogen-bond acceptors (Lipinski definition) is 3. The van der Waals surface area contributed by atoms with E-state index >= 15 is 0 Å². The van der Waals surface area contributed by atoms with E-state index in [1.807, 2.05) is 6.08 Å². The average molecular weight is 315 g/mol. The number of fused-ring (bicyclic) bond motifs is 9. The summed E-state index contributed by atoms with van der Waals surface area (Å²) >= 11 is 0. The van der Waals surface area contributed by atoms with Crippen molar-refractivity contribution in [2.45, 2.75) is 76.0 Å². The van der Waals surface area contributed by atoms with Crippen LogP contribution in [-0.2, 0) is 4.79 Å². The molecule has 5 rings (SSSR count). The summed E-state index contributed by atoms with van der Waals surface area (Å²) in [6, 6.07) is 1.02. The van der Waals surface area contributed by atoms with Gasteiger partial charge in [0.2, 0.25) is 0 Å². The van der Waals surface area contributed by atoms with Crippen LogP contribution in [0.2, 0.25) is 0 Å². The molecular weight excluding hydrogens is 286 g/mol. The van der Waals surface area contributed by atoms with Crippen molar-refractivity contribution in [2.24, 2.45) is 29.6 Å². The first-order valence-corrected chi connectivity index (χ1v) is 9.82. The van der Waals surface area contributed by atoms with E-state index in [1.165, 1.54) is 25.7 Å². The minimum atomic E-state index is -0.691. The van der Waals surface area contributed by atoms with Crippen LogP contribution in [0.15, 0.2) is 11.6 Å².